The standard InChI is InChI=1S/C25H29ClN8O3/c1-5-28-18-14-29-24(34-8-10-36-11-9-34)32-21(18)22(27)30-17-12-15(6-7-16(17)26)23(35)31-20-13-19(37-33-20)25(2,3)4/h5-7,12-14,28H,1,8-11H2,2-4H3,(H2,27,30)(H,31,33,35). The minimum Gasteiger partial charge on any atom is -0.382 e. The number of amidine groups is 1. The van der Waals surface area contributed by atoms with Crippen LogP contribution in [0.4, 0.5) is 23.1 Å². The summed E-state index contributed by atoms with van der Waals surface area (Å²) in [6, 6.07) is 6.40. The van der Waals surface area contributed by atoms with Gasteiger partial charge in [-0.3, -0.25) is 4.79 Å². The van der Waals surface area contributed by atoms with E-state index in [1.807, 2.05) is 25.7 Å². The molecule has 4 rings (SSSR count). The Morgan fingerprint density at radius 1 is 1.27 bits per heavy atom. The van der Waals surface area contributed by atoms with Crippen LogP contribution in [0.1, 0.15) is 42.6 Å². The molecule has 1 fully saturated rings. The normalized spacial score (nSPS) is 14.4. The van der Waals surface area contributed by atoms with Crippen molar-refractivity contribution in [2.75, 3.05) is 41.8 Å². The van der Waals surface area contributed by atoms with Gasteiger partial charge in [0.15, 0.2) is 11.7 Å². The van der Waals surface area contributed by atoms with Gasteiger partial charge in [0, 0.05) is 30.1 Å². The van der Waals surface area contributed by atoms with Crippen LogP contribution in [0, 0.1) is 0 Å². The number of carbonyl (C=O) groups excluding carboxylic acids is 1. The molecular formula is C25H29ClN8O3. The van der Waals surface area contributed by atoms with Gasteiger partial charge < -0.3 is 30.5 Å². The number of nitrogens with one attached hydrogen (secondary N) is 2. The Hall–Kier alpha value is -3.96. The number of amides is 1. The van der Waals surface area contributed by atoms with Crippen molar-refractivity contribution < 1.29 is 14.1 Å². The Labute approximate surface area is 219 Å². The summed E-state index contributed by atoms with van der Waals surface area (Å²) < 4.78 is 10.7. The lowest BCUT2D eigenvalue weighted by molar-refractivity contribution is 0.102. The van der Waals surface area contributed by atoms with Crippen molar-refractivity contribution >= 4 is 46.5 Å². The number of nitrogens with zero attached hydrogens (tertiary/aromatic N) is 5. The van der Waals surface area contributed by atoms with E-state index in [-0.39, 0.29) is 11.3 Å². The molecule has 3 heterocycles. The second kappa shape index (κ2) is 11.0. The maximum Gasteiger partial charge on any atom is 0.256 e. The molecule has 1 aliphatic heterocycles. The lowest BCUT2D eigenvalue weighted by Gasteiger charge is -2.27. The summed E-state index contributed by atoms with van der Waals surface area (Å²) in [5.74, 6) is 1.17. The number of aliphatic imine (C=N–C) groups is 1. The van der Waals surface area contributed by atoms with Crippen LogP contribution in [0.15, 0.2) is 52.8 Å². The van der Waals surface area contributed by atoms with E-state index in [0.717, 1.165) is 0 Å². The summed E-state index contributed by atoms with van der Waals surface area (Å²) in [6.07, 6.45) is 3.11. The van der Waals surface area contributed by atoms with Gasteiger partial charge in [-0.25, -0.2) is 15.0 Å². The third kappa shape index (κ3) is 6.25. The van der Waals surface area contributed by atoms with Gasteiger partial charge in [-0.05, 0) is 24.4 Å². The zero-order valence-electron chi connectivity index (χ0n) is 20.9. The van der Waals surface area contributed by atoms with Crippen LogP contribution in [-0.2, 0) is 10.2 Å². The predicted octanol–water partition coefficient (Wildman–Crippen LogP) is 4.10. The van der Waals surface area contributed by atoms with Gasteiger partial charge in [-0.2, -0.15) is 0 Å². The second-order valence-corrected chi connectivity index (χ2v) is 9.73. The average molecular weight is 525 g/mol. The van der Waals surface area contributed by atoms with Crippen LogP contribution < -0.4 is 21.3 Å². The molecule has 0 atom stereocenters. The molecule has 0 unspecified atom stereocenters. The largest absolute Gasteiger partial charge is 0.382 e. The molecule has 1 saturated heterocycles. The van der Waals surface area contributed by atoms with Crippen molar-refractivity contribution in [3.63, 3.8) is 0 Å². The molecule has 0 saturated carbocycles. The van der Waals surface area contributed by atoms with E-state index in [1.54, 1.807) is 30.5 Å². The molecule has 0 bridgehead atoms. The summed E-state index contributed by atoms with van der Waals surface area (Å²) >= 11 is 6.39. The zero-order chi connectivity index (χ0) is 26.6. The van der Waals surface area contributed by atoms with Crippen molar-refractivity contribution in [3.8, 4) is 0 Å². The minimum absolute atomic E-state index is 0.0898. The number of morpholine rings is 1. The Morgan fingerprint density at radius 2 is 2.03 bits per heavy atom. The van der Waals surface area contributed by atoms with Crippen molar-refractivity contribution in [2.45, 2.75) is 26.2 Å². The molecule has 1 amide bonds. The fourth-order valence-electron chi connectivity index (χ4n) is 3.50. The zero-order valence-corrected chi connectivity index (χ0v) is 21.7. The summed E-state index contributed by atoms with van der Waals surface area (Å²) in [4.78, 5) is 28.4. The summed E-state index contributed by atoms with van der Waals surface area (Å²) in [5.41, 5.74) is 7.66. The molecule has 0 radical (unpaired) electrons. The van der Waals surface area contributed by atoms with Crippen molar-refractivity contribution in [2.24, 2.45) is 10.7 Å². The number of aromatic nitrogens is 3. The average Bonchev–Trinajstić information content (AvgIpc) is 3.35. The predicted molar refractivity (Wildman–Crippen MR) is 144 cm³/mol. The number of hydrogen-bond donors (Lipinski definition) is 3. The minimum atomic E-state index is -0.397. The van der Waals surface area contributed by atoms with E-state index in [1.165, 1.54) is 6.20 Å². The monoisotopic (exact) mass is 524 g/mol. The van der Waals surface area contributed by atoms with Crippen LogP contribution in [0.2, 0.25) is 5.02 Å². The second-order valence-electron chi connectivity index (χ2n) is 9.32. The first-order chi connectivity index (χ1) is 17.7. The Balaban J connectivity index is 1.61. The maximum atomic E-state index is 12.9. The van der Waals surface area contributed by atoms with E-state index in [9.17, 15) is 4.79 Å². The first-order valence-corrected chi connectivity index (χ1v) is 12.0. The van der Waals surface area contributed by atoms with E-state index < -0.39 is 5.91 Å². The maximum absolute atomic E-state index is 12.9. The SMILES string of the molecule is C=CNc1cnc(N2CCOCC2)nc1C(N)=Nc1cc(C(=O)Nc2cc(C(C)(C)C)on2)ccc1Cl. The lowest BCUT2D eigenvalue weighted by atomic mass is 9.93. The van der Waals surface area contributed by atoms with Gasteiger partial charge in [0.05, 0.1) is 35.8 Å². The highest BCUT2D eigenvalue weighted by Gasteiger charge is 2.21. The smallest absolute Gasteiger partial charge is 0.256 e. The Kier molecular flexibility index (Phi) is 7.74. The summed E-state index contributed by atoms with van der Waals surface area (Å²) in [5, 5.41) is 9.95. The number of halogens is 1. The van der Waals surface area contributed by atoms with E-state index >= 15 is 0 Å². The number of rotatable bonds is 7. The lowest BCUT2D eigenvalue weighted by Crippen LogP contribution is -2.37. The van der Waals surface area contributed by atoms with Gasteiger partial charge in [-0.15, -0.1) is 0 Å². The van der Waals surface area contributed by atoms with Crippen LogP contribution in [0.25, 0.3) is 0 Å². The molecular weight excluding hydrogens is 496 g/mol. The molecule has 0 spiro atoms. The Morgan fingerprint density at radius 3 is 2.70 bits per heavy atom. The number of hydrogen-bond acceptors (Lipinski definition) is 9. The van der Waals surface area contributed by atoms with Crippen LogP contribution in [0.3, 0.4) is 0 Å². The molecule has 3 aromatic rings. The highest BCUT2D eigenvalue weighted by Crippen LogP contribution is 2.29. The van der Waals surface area contributed by atoms with Crippen molar-refractivity contribution in [3.05, 3.63) is 65.3 Å². The topological polar surface area (TPSA) is 144 Å². The number of ether oxygens (including phenoxy) is 1. The number of anilines is 3. The first kappa shape index (κ1) is 26.1. The van der Waals surface area contributed by atoms with E-state index in [2.05, 4.69) is 37.3 Å². The van der Waals surface area contributed by atoms with Crippen LogP contribution in [0.5, 0.6) is 0 Å². The van der Waals surface area contributed by atoms with Gasteiger partial charge >= 0.3 is 0 Å². The molecule has 11 nitrogen and oxygen atoms in total. The van der Waals surface area contributed by atoms with Crippen molar-refractivity contribution in [1.29, 1.82) is 0 Å². The number of nitrogens with two attached hydrogens (primary N) is 1. The molecule has 0 aliphatic carbocycles. The molecule has 2 aromatic heterocycles. The Bertz CT molecular complexity index is 1330. The van der Waals surface area contributed by atoms with Crippen LogP contribution >= 0.6 is 11.6 Å². The molecule has 37 heavy (non-hydrogen) atoms. The van der Waals surface area contributed by atoms with E-state index in [4.69, 9.17) is 26.6 Å². The highest BCUT2D eigenvalue weighted by molar-refractivity contribution is 6.33. The van der Waals surface area contributed by atoms with Gasteiger partial charge in [0.1, 0.15) is 11.5 Å². The third-order valence-corrected chi connectivity index (χ3v) is 5.83. The molecule has 4 N–H and O–H groups in total. The molecule has 12 heteroatoms. The summed E-state index contributed by atoms with van der Waals surface area (Å²) in [6.45, 7) is 12.2. The van der Waals surface area contributed by atoms with E-state index in [0.29, 0.717) is 71.5 Å². The number of benzene rings is 1. The first-order valence-electron chi connectivity index (χ1n) is 11.7. The fourth-order valence-corrected chi connectivity index (χ4v) is 3.66. The molecule has 194 valence electrons. The van der Waals surface area contributed by atoms with Crippen LogP contribution in [-0.4, -0.2) is 53.2 Å². The summed E-state index contributed by atoms with van der Waals surface area (Å²) in [7, 11) is 0. The van der Waals surface area contributed by atoms with Gasteiger partial charge in [-0.1, -0.05) is 44.1 Å². The molecule has 1 aliphatic rings. The van der Waals surface area contributed by atoms with Gasteiger partial charge in [0.2, 0.25) is 5.95 Å². The molecule has 1 aromatic carbocycles. The number of carbonyl (C=O) groups is 1. The highest BCUT2D eigenvalue weighted by atomic mass is 35.5. The van der Waals surface area contributed by atoms with Crippen molar-refractivity contribution in [1.82, 2.24) is 15.1 Å². The fraction of sp³-hybridized carbons (Fsp3) is 0.320. The van der Waals surface area contributed by atoms with Gasteiger partial charge in [0.25, 0.3) is 5.91 Å². The quantitative estimate of drug-likeness (QED) is 0.307. The third-order valence-electron chi connectivity index (χ3n) is 5.51.